The van der Waals surface area contributed by atoms with Crippen molar-refractivity contribution in [2.75, 3.05) is 52.2 Å². The molecule has 0 rings (SSSR count). The molecule has 24 heavy (non-hydrogen) atoms. The Labute approximate surface area is 165 Å². The number of sulfonamides is 1. The Morgan fingerprint density at radius 2 is 1.62 bits per heavy atom. The van der Waals surface area contributed by atoms with Gasteiger partial charge in [-0.3, -0.25) is 4.99 Å². The maximum absolute atomic E-state index is 12.1. The number of rotatable bonds is 13. The molecule has 0 aromatic rings. The molecule has 0 amide bonds. The highest BCUT2D eigenvalue weighted by molar-refractivity contribution is 14.0. The average molecular weight is 478 g/mol. The van der Waals surface area contributed by atoms with Gasteiger partial charge in [-0.2, -0.15) is 0 Å². The third kappa shape index (κ3) is 12.3. The lowest BCUT2D eigenvalue weighted by Gasteiger charge is -2.19. The Bertz CT molecular complexity index is 415. The Morgan fingerprint density at radius 3 is 2.17 bits per heavy atom. The normalized spacial score (nSPS) is 12.1. The van der Waals surface area contributed by atoms with Gasteiger partial charge >= 0.3 is 0 Å². The number of nitrogens with zero attached hydrogens (tertiary/aromatic N) is 2. The Balaban J connectivity index is 0. The number of guanidine groups is 1. The maximum Gasteiger partial charge on any atom is 0.215 e. The molecule has 9 heteroatoms. The standard InChI is InChI=1S/C15H34N4O3S.HI/c1-5-8-12-22-13-9-10-17-15(16-4)18-11-14-23(20,21)19(6-2)7-3;/h5-14H2,1-4H3,(H2,16,17,18);1H. The SMILES string of the molecule is CCCCOCCCNC(=NC)NCCS(=O)(=O)N(CC)CC.I. The molecule has 0 unspecified atom stereocenters. The molecule has 0 aromatic heterocycles. The minimum absolute atomic E-state index is 0. The first-order valence-electron chi connectivity index (χ1n) is 8.51. The lowest BCUT2D eigenvalue weighted by molar-refractivity contribution is 0.129. The van der Waals surface area contributed by atoms with E-state index in [0.29, 0.717) is 25.6 Å². The molecule has 146 valence electrons. The van der Waals surface area contributed by atoms with Crippen LogP contribution < -0.4 is 10.6 Å². The van der Waals surface area contributed by atoms with Gasteiger partial charge in [0.15, 0.2) is 5.96 Å². The summed E-state index contributed by atoms with van der Waals surface area (Å²) >= 11 is 0. The average Bonchev–Trinajstić information content (AvgIpc) is 2.53. The zero-order valence-corrected chi connectivity index (χ0v) is 18.7. The lowest BCUT2D eigenvalue weighted by Crippen LogP contribution is -2.42. The number of hydrogen-bond donors (Lipinski definition) is 2. The fraction of sp³-hybridized carbons (Fsp3) is 0.933. The van der Waals surface area contributed by atoms with Crippen LogP contribution in [0.3, 0.4) is 0 Å². The zero-order chi connectivity index (χ0) is 17.6. The third-order valence-electron chi connectivity index (χ3n) is 3.37. The molecule has 0 aliphatic rings. The van der Waals surface area contributed by atoms with Gasteiger partial charge in [-0.1, -0.05) is 27.2 Å². The van der Waals surface area contributed by atoms with Gasteiger partial charge in [0.05, 0.1) is 5.75 Å². The monoisotopic (exact) mass is 478 g/mol. The Kier molecular flexibility index (Phi) is 17.8. The van der Waals surface area contributed by atoms with Crippen molar-refractivity contribution in [3.05, 3.63) is 0 Å². The summed E-state index contributed by atoms with van der Waals surface area (Å²) in [7, 11) is -1.52. The van der Waals surface area contributed by atoms with Crippen molar-refractivity contribution in [2.24, 2.45) is 4.99 Å². The molecule has 0 aliphatic heterocycles. The maximum atomic E-state index is 12.1. The minimum Gasteiger partial charge on any atom is -0.381 e. The number of hydrogen-bond acceptors (Lipinski definition) is 4. The van der Waals surface area contributed by atoms with Gasteiger partial charge in [0.2, 0.25) is 10.0 Å². The van der Waals surface area contributed by atoms with Gasteiger partial charge in [0, 0.05) is 46.4 Å². The summed E-state index contributed by atoms with van der Waals surface area (Å²) in [6.45, 7) is 9.46. The molecule has 0 atom stereocenters. The molecule has 0 heterocycles. The van der Waals surface area contributed by atoms with Gasteiger partial charge in [-0.15, -0.1) is 24.0 Å². The van der Waals surface area contributed by atoms with Crippen molar-refractivity contribution < 1.29 is 13.2 Å². The van der Waals surface area contributed by atoms with Crippen LogP contribution in [0, 0.1) is 0 Å². The fourth-order valence-electron chi connectivity index (χ4n) is 1.99. The van der Waals surface area contributed by atoms with E-state index >= 15 is 0 Å². The summed E-state index contributed by atoms with van der Waals surface area (Å²) < 4.78 is 31.1. The zero-order valence-electron chi connectivity index (χ0n) is 15.5. The van der Waals surface area contributed by atoms with Crippen LogP contribution in [0.4, 0.5) is 0 Å². The summed E-state index contributed by atoms with van der Waals surface area (Å²) in [5.41, 5.74) is 0. The predicted molar refractivity (Wildman–Crippen MR) is 112 cm³/mol. The number of halogens is 1. The number of ether oxygens (including phenoxy) is 1. The summed E-state index contributed by atoms with van der Waals surface area (Å²) in [4.78, 5) is 4.09. The molecule has 0 aliphatic carbocycles. The van der Waals surface area contributed by atoms with E-state index in [4.69, 9.17) is 4.74 Å². The first-order valence-corrected chi connectivity index (χ1v) is 10.1. The van der Waals surface area contributed by atoms with Gasteiger partial charge < -0.3 is 15.4 Å². The van der Waals surface area contributed by atoms with Gasteiger partial charge in [0.1, 0.15) is 0 Å². The molecule has 0 fully saturated rings. The van der Waals surface area contributed by atoms with Gasteiger partial charge in [-0.25, -0.2) is 12.7 Å². The first kappa shape index (κ1) is 26.1. The smallest absolute Gasteiger partial charge is 0.215 e. The molecule has 0 bridgehead atoms. The summed E-state index contributed by atoms with van der Waals surface area (Å²) in [6, 6.07) is 0. The minimum atomic E-state index is -3.20. The van der Waals surface area contributed by atoms with Crippen molar-refractivity contribution in [2.45, 2.75) is 40.0 Å². The second-order valence-electron chi connectivity index (χ2n) is 5.15. The van der Waals surface area contributed by atoms with Crippen LogP contribution in [-0.4, -0.2) is 70.9 Å². The van der Waals surface area contributed by atoms with Crippen molar-refractivity contribution in [3.63, 3.8) is 0 Å². The van der Waals surface area contributed by atoms with Crippen molar-refractivity contribution in [1.29, 1.82) is 0 Å². The molecule has 7 nitrogen and oxygen atoms in total. The lowest BCUT2D eigenvalue weighted by atomic mass is 10.4. The summed E-state index contributed by atoms with van der Waals surface area (Å²) in [5, 5.41) is 6.19. The highest BCUT2D eigenvalue weighted by Crippen LogP contribution is 1.99. The largest absolute Gasteiger partial charge is 0.381 e. The second kappa shape index (κ2) is 16.3. The van der Waals surface area contributed by atoms with E-state index in [1.54, 1.807) is 7.05 Å². The van der Waals surface area contributed by atoms with E-state index in [-0.39, 0.29) is 29.7 Å². The highest BCUT2D eigenvalue weighted by atomic mass is 127. The molecule has 0 spiro atoms. The molecular weight excluding hydrogens is 443 g/mol. The van der Waals surface area contributed by atoms with Crippen LogP contribution in [0.5, 0.6) is 0 Å². The van der Waals surface area contributed by atoms with E-state index in [2.05, 4.69) is 22.5 Å². The summed E-state index contributed by atoms with van der Waals surface area (Å²) in [5.74, 6) is 0.684. The Hall–Kier alpha value is -0.130. The van der Waals surface area contributed by atoms with E-state index in [1.165, 1.54) is 4.31 Å². The highest BCUT2D eigenvalue weighted by Gasteiger charge is 2.18. The molecule has 0 radical (unpaired) electrons. The van der Waals surface area contributed by atoms with Gasteiger partial charge in [0.25, 0.3) is 0 Å². The quantitative estimate of drug-likeness (QED) is 0.182. The van der Waals surface area contributed by atoms with E-state index in [0.717, 1.165) is 39.0 Å². The van der Waals surface area contributed by atoms with Crippen LogP contribution in [0.2, 0.25) is 0 Å². The van der Waals surface area contributed by atoms with E-state index in [9.17, 15) is 8.42 Å². The molecule has 0 saturated carbocycles. The van der Waals surface area contributed by atoms with Crippen LogP contribution >= 0.6 is 24.0 Å². The number of nitrogens with one attached hydrogen (secondary N) is 2. The number of unbranched alkanes of at least 4 members (excludes halogenated alkanes) is 1. The topological polar surface area (TPSA) is 83.0 Å². The molecule has 0 aromatic carbocycles. The molecule has 2 N–H and O–H groups in total. The molecular formula is C15H35IN4O3S. The third-order valence-corrected chi connectivity index (χ3v) is 5.40. The van der Waals surface area contributed by atoms with E-state index in [1.807, 2.05) is 13.8 Å². The Morgan fingerprint density at radius 1 is 1.04 bits per heavy atom. The van der Waals surface area contributed by atoms with Crippen LogP contribution in [0.15, 0.2) is 4.99 Å². The van der Waals surface area contributed by atoms with Crippen molar-refractivity contribution in [3.8, 4) is 0 Å². The van der Waals surface area contributed by atoms with E-state index < -0.39 is 10.0 Å². The second-order valence-corrected chi connectivity index (χ2v) is 7.23. The van der Waals surface area contributed by atoms with Crippen molar-refractivity contribution in [1.82, 2.24) is 14.9 Å². The first-order chi connectivity index (χ1) is 11.0. The molecule has 0 saturated heterocycles. The van der Waals surface area contributed by atoms with Crippen LogP contribution in [0.25, 0.3) is 0 Å². The predicted octanol–water partition coefficient (Wildman–Crippen LogP) is 1.65. The summed E-state index contributed by atoms with van der Waals surface area (Å²) in [6.07, 6.45) is 3.13. The van der Waals surface area contributed by atoms with Gasteiger partial charge in [-0.05, 0) is 12.8 Å². The van der Waals surface area contributed by atoms with Crippen LogP contribution in [-0.2, 0) is 14.8 Å². The van der Waals surface area contributed by atoms with Crippen molar-refractivity contribution >= 4 is 40.0 Å². The fourth-order valence-corrected chi connectivity index (χ4v) is 3.40. The number of aliphatic imine (C=N–C) groups is 1. The van der Waals surface area contributed by atoms with Crippen LogP contribution in [0.1, 0.15) is 40.0 Å².